The van der Waals surface area contributed by atoms with E-state index < -0.39 is 15.7 Å². The van der Waals surface area contributed by atoms with Gasteiger partial charge < -0.3 is 18.6 Å². The van der Waals surface area contributed by atoms with Gasteiger partial charge in [0, 0.05) is 11.8 Å². The molecule has 1 heterocycles. The fourth-order valence-electron chi connectivity index (χ4n) is 2.79. The number of benzene rings is 2. The van der Waals surface area contributed by atoms with Gasteiger partial charge in [0.05, 0.1) is 32.6 Å². The largest absolute Gasteiger partial charge is 0.493 e. The minimum absolute atomic E-state index is 0.0819. The van der Waals surface area contributed by atoms with Gasteiger partial charge in [-0.15, -0.1) is 5.10 Å². The molecule has 1 aromatic heterocycles. The van der Waals surface area contributed by atoms with Gasteiger partial charge in [0.2, 0.25) is 11.6 Å². The van der Waals surface area contributed by atoms with Crippen LogP contribution in [0.4, 0.5) is 6.01 Å². The maximum absolute atomic E-state index is 12.6. The maximum atomic E-state index is 12.6. The third kappa shape index (κ3) is 5.12. The quantitative estimate of drug-likeness (QED) is 0.553. The third-order valence-corrected chi connectivity index (χ3v) is 5.45. The molecule has 2 aromatic carbocycles. The highest BCUT2D eigenvalue weighted by molar-refractivity contribution is 7.90. The van der Waals surface area contributed by atoms with Gasteiger partial charge in [0.1, 0.15) is 0 Å². The van der Waals surface area contributed by atoms with Gasteiger partial charge in [-0.3, -0.25) is 10.1 Å². The minimum Gasteiger partial charge on any atom is -0.493 e. The Morgan fingerprint density at radius 3 is 2.13 bits per heavy atom. The summed E-state index contributed by atoms with van der Waals surface area (Å²) in [6.07, 6.45) is 1.42. The molecule has 0 bridgehead atoms. The van der Waals surface area contributed by atoms with E-state index in [1.54, 1.807) is 12.1 Å². The molecule has 0 atom stereocenters. The van der Waals surface area contributed by atoms with Gasteiger partial charge in [0.25, 0.3) is 5.91 Å². The molecule has 164 valence electrons. The van der Waals surface area contributed by atoms with Crippen molar-refractivity contribution in [1.82, 2.24) is 10.2 Å². The van der Waals surface area contributed by atoms with Crippen LogP contribution in [0.5, 0.6) is 17.2 Å². The molecule has 0 unspecified atom stereocenters. The van der Waals surface area contributed by atoms with Crippen molar-refractivity contribution in [3.05, 3.63) is 53.4 Å². The van der Waals surface area contributed by atoms with Gasteiger partial charge in [-0.05, 0) is 29.8 Å². The molecule has 31 heavy (non-hydrogen) atoms. The second kappa shape index (κ2) is 9.04. The molecule has 11 heteroatoms. The van der Waals surface area contributed by atoms with Crippen LogP contribution in [-0.4, -0.2) is 52.1 Å². The number of carbonyl (C=O) groups excluding carboxylic acids is 1. The van der Waals surface area contributed by atoms with Crippen molar-refractivity contribution >= 4 is 21.8 Å². The standard InChI is InChI=1S/C20H21N3O7S/c1-27-15-10-13(11-16(28-2)18(15)29-3)19(24)21-20-23-22-17(30-20)9-12-5-7-14(8-6-12)31(4,25)26/h5-8,10-11H,9H2,1-4H3,(H,21,23,24). The number of carbonyl (C=O) groups is 1. The van der Waals surface area contributed by atoms with Crippen LogP contribution in [-0.2, 0) is 16.3 Å². The summed E-state index contributed by atoms with van der Waals surface area (Å²) < 4.78 is 44.3. The van der Waals surface area contributed by atoms with Crippen LogP contribution < -0.4 is 19.5 Å². The first-order valence-corrected chi connectivity index (χ1v) is 10.9. The normalized spacial score (nSPS) is 11.1. The Hall–Kier alpha value is -3.60. The fraction of sp³-hybridized carbons (Fsp3) is 0.250. The van der Waals surface area contributed by atoms with Crippen molar-refractivity contribution in [2.45, 2.75) is 11.3 Å². The first-order chi connectivity index (χ1) is 14.7. The predicted molar refractivity (Wildman–Crippen MR) is 111 cm³/mol. The van der Waals surface area contributed by atoms with E-state index in [2.05, 4.69) is 15.5 Å². The van der Waals surface area contributed by atoms with E-state index in [1.165, 1.54) is 45.6 Å². The lowest BCUT2D eigenvalue weighted by Crippen LogP contribution is -2.13. The highest BCUT2D eigenvalue weighted by atomic mass is 32.2. The molecule has 0 fully saturated rings. The molecule has 3 aromatic rings. The molecule has 10 nitrogen and oxygen atoms in total. The predicted octanol–water partition coefficient (Wildman–Crippen LogP) is 2.34. The number of ether oxygens (including phenoxy) is 3. The Morgan fingerprint density at radius 2 is 1.61 bits per heavy atom. The number of methoxy groups -OCH3 is 3. The number of amides is 1. The van der Waals surface area contributed by atoms with Crippen molar-refractivity contribution in [2.24, 2.45) is 0 Å². The summed E-state index contributed by atoms with van der Waals surface area (Å²) in [4.78, 5) is 12.8. The first kappa shape index (κ1) is 22.1. The summed E-state index contributed by atoms with van der Waals surface area (Å²) >= 11 is 0. The van der Waals surface area contributed by atoms with Crippen LogP contribution in [0.3, 0.4) is 0 Å². The lowest BCUT2D eigenvalue weighted by Gasteiger charge is -2.13. The number of sulfone groups is 1. The zero-order chi connectivity index (χ0) is 22.6. The lowest BCUT2D eigenvalue weighted by atomic mass is 10.1. The van der Waals surface area contributed by atoms with Crippen molar-refractivity contribution in [2.75, 3.05) is 32.9 Å². The molecule has 0 aliphatic heterocycles. The molecular formula is C20H21N3O7S. The van der Waals surface area contributed by atoms with Crippen LogP contribution in [0, 0.1) is 0 Å². The van der Waals surface area contributed by atoms with E-state index in [9.17, 15) is 13.2 Å². The number of nitrogens with zero attached hydrogens (tertiary/aromatic N) is 2. The van der Waals surface area contributed by atoms with Gasteiger partial charge in [-0.25, -0.2) is 8.42 Å². The maximum Gasteiger partial charge on any atom is 0.322 e. The van der Waals surface area contributed by atoms with E-state index in [-0.39, 0.29) is 28.8 Å². The van der Waals surface area contributed by atoms with Crippen molar-refractivity contribution < 1.29 is 31.8 Å². The summed E-state index contributed by atoms with van der Waals surface area (Å²) in [7, 11) is 1.10. The topological polar surface area (TPSA) is 130 Å². The molecular weight excluding hydrogens is 426 g/mol. The van der Waals surface area contributed by atoms with Crippen LogP contribution >= 0.6 is 0 Å². The smallest absolute Gasteiger partial charge is 0.322 e. The Kier molecular flexibility index (Phi) is 6.44. The molecule has 0 aliphatic rings. The number of anilines is 1. The zero-order valence-electron chi connectivity index (χ0n) is 17.3. The molecule has 0 radical (unpaired) electrons. The Bertz CT molecular complexity index is 1160. The summed E-state index contributed by atoms with van der Waals surface area (Å²) in [6, 6.07) is 9.25. The average Bonchev–Trinajstić information content (AvgIpc) is 3.18. The average molecular weight is 447 g/mol. The van der Waals surface area contributed by atoms with Crippen molar-refractivity contribution in [3.8, 4) is 17.2 Å². The third-order valence-electron chi connectivity index (χ3n) is 4.32. The van der Waals surface area contributed by atoms with Gasteiger partial charge in [-0.1, -0.05) is 17.2 Å². The van der Waals surface area contributed by atoms with Crippen LogP contribution in [0.25, 0.3) is 0 Å². The minimum atomic E-state index is -3.27. The zero-order valence-corrected chi connectivity index (χ0v) is 18.1. The van der Waals surface area contributed by atoms with Crippen molar-refractivity contribution in [3.63, 3.8) is 0 Å². The first-order valence-electron chi connectivity index (χ1n) is 8.98. The molecule has 0 spiro atoms. The number of rotatable bonds is 8. The van der Waals surface area contributed by atoms with Gasteiger partial charge in [-0.2, -0.15) is 0 Å². The monoisotopic (exact) mass is 447 g/mol. The Balaban J connectivity index is 1.73. The highest BCUT2D eigenvalue weighted by Gasteiger charge is 2.19. The van der Waals surface area contributed by atoms with E-state index in [0.29, 0.717) is 17.2 Å². The molecule has 3 rings (SSSR count). The summed E-state index contributed by atoms with van der Waals surface area (Å²) in [5, 5.41) is 10.3. The summed E-state index contributed by atoms with van der Waals surface area (Å²) in [5.74, 6) is 0.772. The van der Waals surface area contributed by atoms with Gasteiger partial charge >= 0.3 is 6.01 Å². The van der Waals surface area contributed by atoms with E-state index >= 15 is 0 Å². The Morgan fingerprint density at radius 1 is 1.00 bits per heavy atom. The second-order valence-electron chi connectivity index (χ2n) is 6.46. The number of hydrogen-bond donors (Lipinski definition) is 1. The highest BCUT2D eigenvalue weighted by Crippen LogP contribution is 2.38. The Labute approximate surface area is 179 Å². The van der Waals surface area contributed by atoms with E-state index in [4.69, 9.17) is 18.6 Å². The van der Waals surface area contributed by atoms with Crippen LogP contribution in [0.2, 0.25) is 0 Å². The van der Waals surface area contributed by atoms with Crippen LogP contribution in [0.1, 0.15) is 21.8 Å². The lowest BCUT2D eigenvalue weighted by molar-refractivity contribution is 0.102. The summed E-state index contributed by atoms with van der Waals surface area (Å²) in [6.45, 7) is 0. The van der Waals surface area contributed by atoms with E-state index in [0.717, 1.165) is 11.8 Å². The molecule has 0 aliphatic carbocycles. The number of hydrogen-bond acceptors (Lipinski definition) is 9. The van der Waals surface area contributed by atoms with Crippen molar-refractivity contribution in [1.29, 1.82) is 0 Å². The van der Waals surface area contributed by atoms with Gasteiger partial charge in [0.15, 0.2) is 21.3 Å². The van der Waals surface area contributed by atoms with Crippen LogP contribution in [0.15, 0.2) is 45.7 Å². The molecule has 1 amide bonds. The van der Waals surface area contributed by atoms with E-state index in [1.807, 2.05) is 0 Å². The SMILES string of the molecule is COc1cc(C(=O)Nc2nnc(Cc3ccc(S(C)(=O)=O)cc3)o2)cc(OC)c1OC. The molecule has 0 saturated carbocycles. The summed E-state index contributed by atoms with van der Waals surface area (Å²) in [5.41, 5.74) is 1.02. The fourth-order valence-corrected chi connectivity index (χ4v) is 3.42. The number of aromatic nitrogens is 2. The second-order valence-corrected chi connectivity index (χ2v) is 8.48. The number of nitrogens with one attached hydrogen (secondary N) is 1. The molecule has 0 saturated heterocycles. The molecule has 1 N–H and O–H groups in total.